The zero-order valence-corrected chi connectivity index (χ0v) is 10.3. The minimum absolute atomic E-state index is 0.100. The van der Waals surface area contributed by atoms with Gasteiger partial charge in [0.25, 0.3) is 0 Å². The molecule has 0 aliphatic carbocycles. The van der Waals surface area contributed by atoms with E-state index in [0.717, 1.165) is 0 Å². The summed E-state index contributed by atoms with van der Waals surface area (Å²) in [7, 11) is 1.31. The van der Waals surface area contributed by atoms with Gasteiger partial charge in [0.1, 0.15) is 0 Å². The molecule has 0 heterocycles. The number of rotatable bonds is 4. The number of ether oxygens (including phenoxy) is 1. The Morgan fingerprint density at radius 3 is 2.53 bits per heavy atom. The van der Waals surface area contributed by atoms with Gasteiger partial charge >= 0.3 is 5.97 Å². The summed E-state index contributed by atoms with van der Waals surface area (Å²) in [5.74, 6) is -0.512. The van der Waals surface area contributed by atoms with Gasteiger partial charge in [-0.25, -0.2) is 0 Å². The average molecular weight is 235 g/mol. The number of carbonyl (C=O) groups excluding carboxylic acids is 2. The van der Waals surface area contributed by atoms with Crippen LogP contribution in [0.3, 0.4) is 0 Å². The Morgan fingerprint density at radius 1 is 1.35 bits per heavy atom. The lowest BCUT2D eigenvalue weighted by molar-refractivity contribution is -0.150. The Hall–Kier alpha value is -1.84. The Morgan fingerprint density at radius 2 is 2.00 bits per heavy atom. The molecule has 0 radical (unpaired) electrons. The molecule has 0 amide bonds. The highest BCUT2D eigenvalue weighted by Crippen LogP contribution is 2.24. The van der Waals surface area contributed by atoms with E-state index in [4.69, 9.17) is 5.73 Å². The maximum atomic E-state index is 12.0. The smallest absolute Gasteiger partial charge is 0.311 e. The van der Waals surface area contributed by atoms with Gasteiger partial charge in [0, 0.05) is 17.7 Å². The van der Waals surface area contributed by atoms with E-state index in [1.807, 2.05) is 0 Å². The Labute approximate surface area is 101 Å². The summed E-state index contributed by atoms with van der Waals surface area (Å²) in [6, 6.07) is 6.72. The van der Waals surface area contributed by atoms with Crippen molar-refractivity contribution < 1.29 is 14.3 Å². The second-order valence-corrected chi connectivity index (χ2v) is 4.60. The highest BCUT2D eigenvalue weighted by atomic mass is 16.5. The summed E-state index contributed by atoms with van der Waals surface area (Å²) < 4.78 is 4.66. The molecule has 0 aliphatic rings. The molecule has 0 spiro atoms. The first-order chi connectivity index (χ1) is 7.86. The quantitative estimate of drug-likeness (QED) is 0.492. The summed E-state index contributed by atoms with van der Waals surface area (Å²) in [5, 5.41) is 0. The third kappa shape index (κ3) is 3.31. The van der Waals surface area contributed by atoms with Crippen LogP contribution >= 0.6 is 0 Å². The maximum absolute atomic E-state index is 12.0. The van der Waals surface area contributed by atoms with Gasteiger partial charge in [0.2, 0.25) is 0 Å². The minimum atomic E-state index is -0.823. The molecule has 0 fully saturated rings. The van der Waals surface area contributed by atoms with Crippen molar-refractivity contribution >= 4 is 17.4 Å². The molecule has 4 heteroatoms. The van der Waals surface area contributed by atoms with Gasteiger partial charge in [0.05, 0.1) is 12.5 Å². The monoisotopic (exact) mass is 235 g/mol. The highest BCUT2D eigenvalue weighted by molar-refractivity contribution is 5.99. The number of anilines is 1. The Balaban J connectivity index is 2.83. The van der Waals surface area contributed by atoms with Crippen molar-refractivity contribution in [3.05, 3.63) is 29.8 Å². The predicted molar refractivity (Wildman–Crippen MR) is 65.6 cm³/mol. The van der Waals surface area contributed by atoms with Crippen molar-refractivity contribution in [2.24, 2.45) is 5.41 Å². The molecular formula is C13H17NO3. The third-order valence-electron chi connectivity index (χ3n) is 2.55. The largest absolute Gasteiger partial charge is 0.469 e. The molecule has 0 aliphatic heterocycles. The van der Waals surface area contributed by atoms with Crippen molar-refractivity contribution in [2.75, 3.05) is 12.8 Å². The molecule has 0 saturated carbocycles. The van der Waals surface area contributed by atoms with E-state index in [1.165, 1.54) is 7.11 Å². The normalized spacial score (nSPS) is 11.0. The molecule has 1 rings (SSSR count). The average Bonchev–Trinajstić information content (AvgIpc) is 2.27. The number of carbonyl (C=O) groups is 2. The second kappa shape index (κ2) is 4.99. The molecule has 0 saturated heterocycles. The summed E-state index contributed by atoms with van der Waals surface area (Å²) in [6.45, 7) is 3.37. The first kappa shape index (κ1) is 13.2. The van der Waals surface area contributed by atoms with Crippen LogP contribution in [0.4, 0.5) is 5.69 Å². The number of methoxy groups -OCH3 is 1. The molecule has 17 heavy (non-hydrogen) atoms. The van der Waals surface area contributed by atoms with Crippen LogP contribution < -0.4 is 5.73 Å². The lowest BCUT2D eigenvalue weighted by Crippen LogP contribution is -2.28. The number of Topliss-reactive ketones (excluding diaryl/α,β-unsaturated/α-hetero) is 1. The van der Waals surface area contributed by atoms with E-state index in [9.17, 15) is 9.59 Å². The molecule has 0 bridgehead atoms. The fourth-order valence-corrected chi connectivity index (χ4v) is 1.56. The zero-order chi connectivity index (χ0) is 13.1. The molecule has 1 aromatic rings. The van der Waals surface area contributed by atoms with Crippen molar-refractivity contribution in [3.8, 4) is 0 Å². The molecule has 4 nitrogen and oxygen atoms in total. The topological polar surface area (TPSA) is 69.4 Å². The first-order valence-electron chi connectivity index (χ1n) is 5.34. The molecule has 0 atom stereocenters. The number of hydrogen-bond donors (Lipinski definition) is 1. The van der Waals surface area contributed by atoms with Gasteiger partial charge < -0.3 is 10.5 Å². The van der Waals surface area contributed by atoms with E-state index in [2.05, 4.69) is 4.74 Å². The molecule has 92 valence electrons. The lowest BCUT2D eigenvalue weighted by atomic mass is 9.85. The second-order valence-electron chi connectivity index (χ2n) is 4.60. The number of ketones is 1. The Bertz CT molecular complexity index is 438. The fraction of sp³-hybridized carbons (Fsp3) is 0.385. The van der Waals surface area contributed by atoms with Crippen LogP contribution in [0.1, 0.15) is 30.6 Å². The predicted octanol–water partition coefficient (Wildman–Crippen LogP) is 2.04. The van der Waals surface area contributed by atoms with Gasteiger partial charge in [-0.3, -0.25) is 9.59 Å². The number of nitrogens with two attached hydrogens (primary N) is 1. The molecular weight excluding hydrogens is 218 g/mol. The van der Waals surface area contributed by atoms with E-state index in [0.29, 0.717) is 11.3 Å². The number of esters is 1. The van der Waals surface area contributed by atoms with Crippen LogP contribution in [0.15, 0.2) is 24.3 Å². The highest BCUT2D eigenvalue weighted by Gasteiger charge is 2.31. The van der Waals surface area contributed by atoms with Crippen LogP contribution in [0, 0.1) is 5.41 Å². The van der Waals surface area contributed by atoms with E-state index in [1.54, 1.807) is 38.1 Å². The van der Waals surface area contributed by atoms with Gasteiger partial charge in [-0.15, -0.1) is 0 Å². The van der Waals surface area contributed by atoms with Crippen molar-refractivity contribution in [1.29, 1.82) is 0 Å². The maximum Gasteiger partial charge on any atom is 0.311 e. The van der Waals surface area contributed by atoms with Crippen molar-refractivity contribution in [3.63, 3.8) is 0 Å². The van der Waals surface area contributed by atoms with Crippen LogP contribution in [0.5, 0.6) is 0 Å². The van der Waals surface area contributed by atoms with E-state index >= 15 is 0 Å². The summed E-state index contributed by atoms with van der Waals surface area (Å²) in [6.07, 6.45) is 0.100. The molecule has 0 aromatic heterocycles. The van der Waals surface area contributed by atoms with Crippen LogP contribution in [0.25, 0.3) is 0 Å². The van der Waals surface area contributed by atoms with Gasteiger partial charge in [-0.1, -0.05) is 12.1 Å². The molecule has 0 unspecified atom stereocenters. The fourth-order valence-electron chi connectivity index (χ4n) is 1.56. The van der Waals surface area contributed by atoms with Gasteiger partial charge in [-0.05, 0) is 26.0 Å². The number of nitrogen functional groups attached to an aromatic ring is 1. The number of benzene rings is 1. The molecule has 2 N–H and O–H groups in total. The van der Waals surface area contributed by atoms with E-state index in [-0.39, 0.29) is 12.2 Å². The summed E-state index contributed by atoms with van der Waals surface area (Å²) in [4.78, 5) is 23.4. The SMILES string of the molecule is COC(=O)C(C)(C)CC(=O)c1cccc(N)c1. The van der Waals surface area contributed by atoms with Gasteiger partial charge in [-0.2, -0.15) is 0 Å². The first-order valence-corrected chi connectivity index (χ1v) is 5.34. The standard InChI is InChI=1S/C13H17NO3/c1-13(2,12(16)17-3)8-11(15)9-5-4-6-10(14)7-9/h4-7H,8,14H2,1-3H3. The van der Waals surface area contributed by atoms with Crippen LogP contribution in [-0.2, 0) is 9.53 Å². The van der Waals surface area contributed by atoms with E-state index < -0.39 is 11.4 Å². The molecule has 1 aromatic carbocycles. The lowest BCUT2D eigenvalue weighted by Gasteiger charge is -2.20. The van der Waals surface area contributed by atoms with Crippen molar-refractivity contribution in [1.82, 2.24) is 0 Å². The third-order valence-corrected chi connectivity index (χ3v) is 2.55. The Kier molecular flexibility index (Phi) is 3.89. The zero-order valence-electron chi connectivity index (χ0n) is 10.3. The van der Waals surface area contributed by atoms with Gasteiger partial charge in [0.15, 0.2) is 5.78 Å². The summed E-state index contributed by atoms with van der Waals surface area (Å²) >= 11 is 0. The number of hydrogen-bond acceptors (Lipinski definition) is 4. The van der Waals surface area contributed by atoms with Crippen LogP contribution in [-0.4, -0.2) is 18.9 Å². The minimum Gasteiger partial charge on any atom is -0.469 e. The summed E-state index contributed by atoms with van der Waals surface area (Å²) in [5.41, 5.74) is 5.83. The van der Waals surface area contributed by atoms with Crippen LogP contribution in [0.2, 0.25) is 0 Å². The van der Waals surface area contributed by atoms with Crippen molar-refractivity contribution in [2.45, 2.75) is 20.3 Å².